The Hall–Kier alpha value is -2.56. The van der Waals surface area contributed by atoms with E-state index in [0.29, 0.717) is 22.5 Å². The van der Waals surface area contributed by atoms with Gasteiger partial charge >= 0.3 is 0 Å². The van der Waals surface area contributed by atoms with E-state index in [1.165, 1.54) is 12.1 Å². The number of hydrogen-bond donors (Lipinski definition) is 3. The monoisotopic (exact) mass is 286 g/mol. The number of aryl methyl sites for hydroxylation is 1. The summed E-state index contributed by atoms with van der Waals surface area (Å²) in [6, 6.07) is 7.10. The van der Waals surface area contributed by atoms with Gasteiger partial charge in [0.2, 0.25) is 0 Å². The molecule has 0 bridgehead atoms. The molecule has 1 aliphatic rings. The van der Waals surface area contributed by atoms with Crippen molar-refractivity contribution in [2.24, 2.45) is 0 Å². The second-order valence-corrected chi connectivity index (χ2v) is 5.20. The highest BCUT2D eigenvalue weighted by Crippen LogP contribution is 2.36. The molecule has 0 aromatic heterocycles. The number of carbonyl (C=O) groups excluding carboxylic acids is 1. The normalized spacial score (nSPS) is 16.5. The first-order chi connectivity index (χ1) is 9.97. The smallest absolute Gasteiger partial charge is 0.251 e. The van der Waals surface area contributed by atoms with Crippen LogP contribution in [0.1, 0.15) is 22.7 Å². The molecule has 4 nitrogen and oxygen atoms in total. The predicted molar refractivity (Wildman–Crippen MR) is 79.0 cm³/mol. The Morgan fingerprint density at radius 2 is 2.00 bits per heavy atom. The van der Waals surface area contributed by atoms with Crippen LogP contribution in [0.2, 0.25) is 0 Å². The highest BCUT2D eigenvalue weighted by molar-refractivity contribution is 6.04. The lowest BCUT2D eigenvalue weighted by molar-refractivity contribution is -0.116. The fourth-order valence-corrected chi connectivity index (χ4v) is 2.52. The van der Waals surface area contributed by atoms with Crippen molar-refractivity contribution in [2.75, 3.05) is 10.6 Å². The summed E-state index contributed by atoms with van der Waals surface area (Å²) in [5, 5.41) is 15.7. The summed E-state index contributed by atoms with van der Waals surface area (Å²) < 4.78 is 13.4. The number of phenolic OH excluding ortho intramolecular Hbond substituents is 1. The zero-order valence-corrected chi connectivity index (χ0v) is 11.7. The number of hydrogen-bond acceptors (Lipinski definition) is 3. The Balaban J connectivity index is 1.98. The van der Waals surface area contributed by atoms with E-state index >= 15 is 0 Å². The molecule has 1 aliphatic heterocycles. The SMILES string of the molecule is Cc1ccc(NC2C(=O)Nc3ccc(F)cc32)c(C)c1O. The quantitative estimate of drug-likeness (QED) is 0.794. The van der Waals surface area contributed by atoms with Crippen LogP contribution in [0.4, 0.5) is 15.8 Å². The fourth-order valence-electron chi connectivity index (χ4n) is 2.52. The second-order valence-electron chi connectivity index (χ2n) is 5.20. The zero-order valence-electron chi connectivity index (χ0n) is 11.7. The number of fused-ring (bicyclic) bond motifs is 1. The first kappa shape index (κ1) is 13.4. The van der Waals surface area contributed by atoms with Gasteiger partial charge in [0.15, 0.2) is 0 Å². The summed E-state index contributed by atoms with van der Waals surface area (Å²) >= 11 is 0. The van der Waals surface area contributed by atoms with E-state index in [2.05, 4.69) is 10.6 Å². The third kappa shape index (κ3) is 2.20. The molecule has 3 N–H and O–H groups in total. The van der Waals surface area contributed by atoms with Gasteiger partial charge in [0.25, 0.3) is 5.91 Å². The lowest BCUT2D eigenvalue weighted by atomic mass is 10.0. The average molecular weight is 286 g/mol. The minimum atomic E-state index is -0.670. The van der Waals surface area contributed by atoms with Crippen LogP contribution in [0.3, 0.4) is 0 Å². The molecule has 0 radical (unpaired) electrons. The second kappa shape index (κ2) is 4.77. The van der Waals surface area contributed by atoms with Crippen molar-refractivity contribution in [1.82, 2.24) is 0 Å². The Bertz CT molecular complexity index is 743. The molecular formula is C16H15FN2O2. The summed E-state index contributed by atoms with van der Waals surface area (Å²) in [4.78, 5) is 12.1. The Kier molecular flexibility index (Phi) is 3.05. The third-order valence-corrected chi connectivity index (χ3v) is 3.78. The van der Waals surface area contributed by atoms with Crippen LogP contribution in [0.15, 0.2) is 30.3 Å². The number of aromatic hydroxyl groups is 1. The lowest BCUT2D eigenvalue weighted by Gasteiger charge is -2.16. The summed E-state index contributed by atoms with van der Waals surface area (Å²) in [6.07, 6.45) is 0. The molecule has 21 heavy (non-hydrogen) atoms. The number of benzene rings is 2. The van der Waals surface area contributed by atoms with Gasteiger partial charge in [0.1, 0.15) is 17.6 Å². The Morgan fingerprint density at radius 1 is 1.24 bits per heavy atom. The number of rotatable bonds is 2. The minimum absolute atomic E-state index is 0.192. The maximum atomic E-state index is 13.4. The molecule has 5 heteroatoms. The van der Waals surface area contributed by atoms with Crippen LogP contribution in [0.25, 0.3) is 0 Å². The van der Waals surface area contributed by atoms with Gasteiger partial charge in [-0.25, -0.2) is 4.39 Å². The molecule has 1 atom stereocenters. The van der Waals surface area contributed by atoms with E-state index in [9.17, 15) is 14.3 Å². The van der Waals surface area contributed by atoms with Crippen molar-refractivity contribution >= 4 is 17.3 Å². The van der Waals surface area contributed by atoms with E-state index in [1.54, 1.807) is 32.0 Å². The number of anilines is 2. The first-order valence-corrected chi connectivity index (χ1v) is 6.63. The largest absolute Gasteiger partial charge is 0.507 e. The van der Waals surface area contributed by atoms with Gasteiger partial charge in [-0.1, -0.05) is 6.07 Å². The van der Waals surface area contributed by atoms with Crippen LogP contribution in [-0.4, -0.2) is 11.0 Å². The first-order valence-electron chi connectivity index (χ1n) is 6.63. The van der Waals surface area contributed by atoms with Gasteiger partial charge in [-0.05, 0) is 43.7 Å². The highest BCUT2D eigenvalue weighted by atomic mass is 19.1. The third-order valence-electron chi connectivity index (χ3n) is 3.78. The van der Waals surface area contributed by atoms with E-state index in [1.807, 2.05) is 0 Å². The molecule has 1 unspecified atom stereocenters. The summed E-state index contributed by atoms with van der Waals surface area (Å²) in [5.74, 6) is -0.437. The molecule has 0 spiro atoms. The number of nitrogens with one attached hydrogen (secondary N) is 2. The van der Waals surface area contributed by atoms with Gasteiger partial charge < -0.3 is 15.7 Å². The Labute approximate surface area is 121 Å². The van der Waals surface area contributed by atoms with Crippen LogP contribution in [-0.2, 0) is 4.79 Å². The summed E-state index contributed by atoms with van der Waals surface area (Å²) in [6.45, 7) is 3.57. The molecule has 0 saturated carbocycles. The molecule has 2 aromatic carbocycles. The van der Waals surface area contributed by atoms with Crippen molar-refractivity contribution in [2.45, 2.75) is 19.9 Å². The van der Waals surface area contributed by atoms with Gasteiger partial charge in [-0.2, -0.15) is 0 Å². The van der Waals surface area contributed by atoms with Crippen LogP contribution >= 0.6 is 0 Å². The summed E-state index contributed by atoms with van der Waals surface area (Å²) in [7, 11) is 0. The highest BCUT2D eigenvalue weighted by Gasteiger charge is 2.31. The maximum Gasteiger partial charge on any atom is 0.251 e. The van der Waals surface area contributed by atoms with E-state index < -0.39 is 6.04 Å². The van der Waals surface area contributed by atoms with Crippen molar-refractivity contribution in [3.63, 3.8) is 0 Å². The number of phenols is 1. The zero-order chi connectivity index (χ0) is 15.1. The van der Waals surface area contributed by atoms with E-state index in [0.717, 1.165) is 5.56 Å². The maximum absolute atomic E-state index is 13.4. The molecule has 0 aliphatic carbocycles. The lowest BCUT2D eigenvalue weighted by Crippen LogP contribution is -2.20. The van der Waals surface area contributed by atoms with E-state index in [4.69, 9.17) is 0 Å². The van der Waals surface area contributed by atoms with Crippen LogP contribution in [0, 0.1) is 19.7 Å². The molecule has 1 amide bonds. The average Bonchev–Trinajstić information content (AvgIpc) is 2.75. The summed E-state index contributed by atoms with van der Waals surface area (Å²) in [5.41, 5.74) is 3.25. The van der Waals surface area contributed by atoms with Crippen molar-refractivity contribution < 1.29 is 14.3 Å². The number of carbonyl (C=O) groups is 1. The van der Waals surface area contributed by atoms with Gasteiger partial charge in [-0.3, -0.25) is 4.79 Å². The van der Waals surface area contributed by atoms with Crippen molar-refractivity contribution in [3.8, 4) is 5.75 Å². The van der Waals surface area contributed by atoms with Crippen LogP contribution < -0.4 is 10.6 Å². The van der Waals surface area contributed by atoms with Crippen LogP contribution in [0.5, 0.6) is 5.75 Å². The molecule has 108 valence electrons. The van der Waals surface area contributed by atoms with Gasteiger partial charge in [-0.15, -0.1) is 0 Å². The fraction of sp³-hybridized carbons (Fsp3) is 0.188. The molecular weight excluding hydrogens is 271 g/mol. The molecule has 3 rings (SSSR count). The predicted octanol–water partition coefficient (Wildman–Crippen LogP) is 3.25. The number of halogens is 1. The van der Waals surface area contributed by atoms with Crippen molar-refractivity contribution in [1.29, 1.82) is 0 Å². The molecule has 0 fully saturated rings. The topological polar surface area (TPSA) is 61.4 Å². The standard InChI is InChI=1S/C16H15FN2O2/c1-8-3-5-12(9(2)15(8)20)18-14-11-7-10(17)4-6-13(11)19-16(14)21/h3-7,14,18,20H,1-2H3,(H,19,21). The molecule has 0 saturated heterocycles. The van der Waals surface area contributed by atoms with Gasteiger partial charge in [0.05, 0.1) is 0 Å². The molecule has 2 aromatic rings. The van der Waals surface area contributed by atoms with Gasteiger partial charge in [0, 0.05) is 22.5 Å². The minimum Gasteiger partial charge on any atom is -0.507 e. The Morgan fingerprint density at radius 3 is 2.76 bits per heavy atom. The van der Waals surface area contributed by atoms with E-state index in [-0.39, 0.29) is 17.5 Å². The van der Waals surface area contributed by atoms with Crippen molar-refractivity contribution in [3.05, 3.63) is 52.8 Å². The number of amides is 1. The molecule has 1 heterocycles.